The third-order valence-corrected chi connectivity index (χ3v) is 5.48. The van der Waals surface area contributed by atoms with E-state index in [0.717, 1.165) is 15.4 Å². The molecule has 6 nitrogen and oxygen atoms in total. The second-order valence-corrected chi connectivity index (χ2v) is 7.99. The molecule has 32 heavy (non-hydrogen) atoms. The van der Waals surface area contributed by atoms with Crippen LogP contribution in [0.2, 0.25) is 0 Å². The second kappa shape index (κ2) is 8.43. The van der Waals surface area contributed by atoms with Gasteiger partial charge in [-0.1, -0.05) is 46.3 Å². The zero-order valence-corrected chi connectivity index (χ0v) is 18.7. The number of hydrogen-bond acceptors (Lipinski definition) is 5. The molecule has 2 heterocycles. The maximum atomic E-state index is 13.4. The fourth-order valence-electron chi connectivity index (χ4n) is 3.51. The van der Waals surface area contributed by atoms with Gasteiger partial charge in [-0.3, -0.25) is 4.79 Å². The fraction of sp³-hybridized carbons (Fsp3) is 0.0800. The van der Waals surface area contributed by atoms with Gasteiger partial charge < -0.3 is 9.15 Å². The molecule has 0 aliphatic carbocycles. The van der Waals surface area contributed by atoms with E-state index >= 15 is 0 Å². The van der Waals surface area contributed by atoms with Gasteiger partial charge in [0.1, 0.15) is 11.3 Å². The van der Waals surface area contributed by atoms with Crippen molar-refractivity contribution in [3.05, 3.63) is 93.2 Å². The molecule has 0 saturated carbocycles. The Kier molecular flexibility index (Phi) is 5.33. The summed E-state index contributed by atoms with van der Waals surface area (Å²) in [6.07, 6.45) is 1.60. The van der Waals surface area contributed by atoms with Crippen LogP contribution in [0.3, 0.4) is 0 Å². The summed E-state index contributed by atoms with van der Waals surface area (Å²) in [5.74, 6) is 1.46. The molecule has 0 aliphatic heterocycles. The molecule has 0 N–H and O–H groups in total. The lowest BCUT2D eigenvalue weighted by Crippen LogP contribution is -2.20. The highest BCUT2D eigenvalue weighted by atomic mass is 79.9. The summed E-state index contributed by atoms with van der Waals surface area (Å²) in [5, 5.41) is 5.91. The van der Waals surface area contributed by atoms with Gasteiger partial charge in [0.2, 0.25) is 5.82 Å². The topological polar surface area (TPSA) is 69.6 Å². The SMILES string of the molecule is CCOc1ccc(Br)cc1C=Nn1c(-c2cc3ccccc3o2)nc2ccccc2c1=O. The second-order valence-electron chi connectivity index (χ2n) is 7.08. The molecule has 5 rings (SSSR count). The van der Waals surface area contributed by atoms with Crippen molar-refractivity contribution in [1.82, 2.24) is 9.66 Å². The Hall–Kier alpha value is -3.71. The minimum absolute atomic E-state index is 0.282. The fourth-order valence-corrected chi connectivity index (χ4v) is 3.89. The monoisotopic (exact) mass is 487 g/mol. The molecule has 0 fully saturated rings. The molecule has 0 unspecified atom stereocenters. The van der Waals surface area contributed by atoms with Crippen LogP contribution in [0.25, 0.3) is 33.5 Å². The molecule has 5 aromatic rings. The number of ether oxygens (including phenoxy) is 1. The number of halogens is 1. The van der Waals surface area contributed by atoms with Crippen LogP contribution in [-0.4, -0.2) is 22.5 Å². The molecule has 158 valence electrons. The van der Waals surface area contributed by atoms with Crippen LogP contribution >= 0.6 is 15.9 Å². The van der Waals surface area contributed by atoms with Crippen molar-refractivity contribution in [1.29, 1.82) is 0 Å². The van der Waals surface area contributed by atoms with Crippen molar-refractivity contribution < 1.29 is 9.15 Å². The number of rotatable bonds is 5. The van der Waals surface area contributed by atoms with E-state index in [1.165, 1.54) is 4.68 Å². The number of furan rings is 1. The van der Waals surface area contributed by atoms with Crippen molar-refractivity contribution in [2.24, 2.45) is 5.10 Å². The number of nitrogens with zero attached hydrogens (tertiary/aromatic N) is 3. The lowest BCUT2D eigenvalue weighted by atomic mass is 10.2. The Bertz CT molecular complexity index is 1500. The van der Waals surface area contributed by atoms with Gasteiger partial charge in [-0.15, -0.1) is 0 Å². The predicted octanol–water partition coefficient (Wildman–Crippen LogP) is 5.85. The van der Waals surface area contributed by atoms with Gasteiger partial charge in [0, 0.05) is 15.4 Å². The number of aromatic nitrogens is 2. The molecule has 0 saturated heterocycles. The van der Waals surface area contributed by atoms with Crippen LogP contribution in [0, 0.1) is 0 Å². The molecule has 0 atom stereocenters. The van der Waals surface area contributed by atoms with Crippen molar-refractivity contribution in [2.75, 3.05) is 6.61 Å². The lowest BCUT2D eigenvalue weighted by Gasteiger charge is -2.09. The van der Waals surface area contributed by atoms with Crippen molar-refractivity contribution in [2.45, 2.75) is 6.92 Å². The van der Waals surface area contributed by atoms with Crippen LogP contribution in [0.1, 0.15) is 12.5 Å². The van der Waals surface area contributed by atoms with Gasteiger partial charge in [-0.2, -0.15) is 9.78 Å². The van der Waals surface area contributed by atoms with Crippen LogP contribution < -0.4 is 10.3 Å². The summed E-state index contributed by atoms with van der Waals surface area (Å²) in [6, 6.07) is 22.4. The van der Waals surface area contributed by atoms with E-state index in [4.69, 9.17) is 14.1 Å². The summed E-state index contributed by atoms with van der Waals surface area (Å²) in [4.78, 5) is 18.1. The van der Waals surface area contributed by atoms with E-state index in [9.17, 15) is 4.79 Å². The van der Waals surface area contributed by atoms with Gasteiger partial charge in [-0.25, -0.2) is 4.98 Å². The first-order valence-electron chi connectivity index (χ1n) is 10.1. The molecule has 0 aliphatic rings. The minimum Gasteiger partial charge on any atom is -0.493 e. The zero-order valence-electron chi connectivity index (χ0n) is 17.2. The highest BCUT2D eigenvalue weighted by Gasteiger charge is 2.16. The number of hydrogen-bond donors (Lipinski definition) is 0. The average Bonchev–Trinajstić information content (AvgIpc) is 3.24. The van der Waals surface area contributed by atoms with E-state index in [-0.39, 0.29) is 5.56 Å². The van der Waals surface area contributed by atoms with Crippen LogP contribution in [0.15, 0.2) is 91.6 Å². The molecule has 0 bridgehead atoms. The highest BCUT2D eigenvalue weighted by Crippen LogP contribution is 2.27. The third-order valence-electron chi connectivity index (χ3n) is 4.98. The summed E-state index contributed by atoms with van der Waals surface area (Å²) in [7, 11) is 0. The average molecular weight is 488 g/mol. The summed E-state index contributed by atoms with van der Waals surface area (Å²) >= 11 is 3.48. The standard InChI is InChI=1S/C25H18BrN3O3/c1-2-31-21-12-11-18(26)13-17(21)15-27-29-24(23-14-16-7-3-6-10-22(16)32-23)28-20-9-5-4-8-19(20)25(29)30/h3-15H,2H2,1H3. The first kappa shape index (κ1) is 20.2. The maximum Gasteiger partial charge on any atom is 0.282 e. The largest absolute Gasteiger partial charge is 0.493 e. The Morgan fingerprint density at radius 1 is 1.09 bits per heavy atom. The molecule has 7 heteroatoms. The summed E-state index contributed by atoms with van der Waals surface area (Å²) in [6.45, 7) is 2.44. The molecular weight excluding hydrogens is 470 g/mol. The molecule has 2 aromatic heterocycles. The third kappa shape index (κ3) is 3.71. The van der Waals surface area contributed by atoms with E-state index < -0.39 is 0 Å². The first-order valence-corrected chi connectivity index (χ1v) is 10.9. The number of para-hydroxylation sites is 2. The number of fused-ring (bicyclic) bond motifs is 2. The molecule has 3 aromatic carbocycles. The van der Waals surface area contributed by atoms with Gasteiger partial charge in [0.15, 0.2) is 5.76 Å². The molecule has 0 amide bonds. The van der Waals surface area contributed by atoms with E-state index in [0.29, 0.717) is 40.4 Å². The van der Waals surface area contributed by atoms with E-state index in [1.54, 1.807) is 18.3 Å². The quantitative estimate of drug-likeness (QED) is 0.291. The number of benzene rings is 3. The smallest absolute Gasteiger partial charge is 0.282 e. The van der Waals surface area contributed by atoms with Crippen LogP contribution in [0.4, 0.5) is 0 Å². The van der Waals surface area contributed by atoms with Gasteiger partial charge in [0.25, 0.3) is 5.56 Å². The zero-order chi connectivity index (χ0) is 22.1. The minimum atomic E-state index is -0.282. The molecular formula is C25H18BrN3O3. The normalized spacial score (nSPS) is 11.6. The summed E-state index contributed by atoms with van der Waals surface area (Å²) in [5.41, 5.74) is 1.75. The summed E-state index contributed by atoms with van der Waals surface area (Å²) < 4.78 is 13.9. The van der Waals surface area contributed by atoms with Crippen molar-refractivity contribution in [3.8, 4) is 17.3 Å². The first-order chi connectivity index (χ1) is 15.6. The Labute approximate surface area is 191 Å². The van der Waals surface area contributed by atoms with Gasteiger partial charge >= 0.3 is 0 Å². The Morgan fingerprint density at radius 2 is 1.91 bits per heavy atom. The van der Waals surface area contributed by atoms with Crippen LogP contribution in [0.5, 0.6) is 5.75 Å². The van der Waals surface area contributed by atoms with Gasteiger partial charge in [0.05, 0.1) is 23.7 Å². The molecule has 0 spiro atoms. The Morgan fingerprint density at radius 3 is 2.75 bits per heavy atom. The van der Waals surface area contributed by atoms with Gasteiger partial charge in [-0.05, 0) is 49.4 Å². The molecule has 0 radical (unpaired) electrons. The van der Waals surface area contributed by atoms with E-state index in [1.807, 2.05) is 67.6 Å². The predicted molar refractivity (Wildman–Crippen MR) is 130 cm³/mol. The Balaban J connectivity index is 1.72. The van der Waals surface area contributed by atoms with Crippen molar-refractivity contribution >= 4 is 44.0 Å². The lowest BCUT2D eigenvalue weighted by molar-refractivity contribution is 0.339. The van der Waals surface area contributed by atoms with Crippen LogP contribution in [-0.2, 0) is 0 Å². The maximum absolute atomic E-state index is 13.4. The highest BCUT2D eigenvalue weighted by molar-refractivity contribution is 9.10. The van der Waals surface area contributed by atoms with E-state index in [2.05, 4.69) is 21.0 Å². The van der Waals surface area contributed by atoms with Crippen molar-refractivity contribution in [3.63, 3.8) is 0 Å².